The Morgan fingerprint density at radius 2 is 1.61 bits per heavy atom. The maximum atomic E-state index is 4.37. The van der Waals surface area contributed by atoms with Crippen LogP contribution in [0.5, 0.6) is 0 Å². The number of hydrogen-bond donors (Lipinski definition) is 0. The Hall–Kier alpha value is -2.55. The first-order valence-corrected chi connectivity index (χ1v) is 5.71. The fourth-order valence-corrected chi connectivity index (χ4v) is 1.89. The molecule has 0 saturated carbocycles. The van der Waals surface area contributed by atoms with Crippen molar-refractivity contribution >= 4 is 0 Å². The molecule has 0 aliphatic rings. The van der Waals surface area contributed by atoms with E-state index >= 15 is 0 Å². The van der Waals surface area contributed by atoms with Crippen molar-refractivity contribution in [3.05, 3.63) is 67.4 Å². The van der Waals surface area contributed by atoms with E-state index in [0.717, 1.165) is 22.4 Å². The van der Waals surface area contributed by atoms with E-state index < -0.39 is 0 Å². The van der Waals surface area contributed by atoms with Crippen LogP contribution in [0.4, 0.5) is 0 Å². The average Bonchev–Trinajstić information content (AvgIpc) is 2.49. The van der Waals surface area contributed by atoms with Gasteiger partial charge >= 0.3 is 0 Å². The smallest absolute Gasteiger partial charge is 0.0723 e. The summed E-state index contributed by atoms with van der Waals surface area (Å²) in [4.78, 5) is 12.7. The van der Waals surface area contributed by atoms with Gasteiger partial charge in [-0.05, 0) is 29.8 Å². The molecule has 0 aromatic carbocycles. The van der Waals surface area contributed by atoms with Crippen LogP contribution >= 0.6 is 0 Å². The van der Waals surface area contributed by atoms with Crippen LogP contribution in [0.25, 0.3) is 22.4 Å². The second-order valence-corrected chi connectivity index (χ2v) is 3.88. The van der Waals surface area contributed by atoms with E-state index in [0.29, 0.717) is 0 Å². The molecular formula is C15H11N3. The van der Waals surface area contributed by atoms with Crippen molar-refractivity contribution in [1.29, 1.82) is 0 Å². The van der Waals surface area contributed by atoms with E-state index in [1.807, 2.05) is 48.8 Å². The largest absolute Gasteiger partial charge is 0.264 e. The highest BCUT2D eigenvalue weighted by atomic mass is 14.7. The minimum Gasteiger partial charge on any atom is -0.264 e. The lowest BCUT2D eigenvalue weighted by atomic mass is 10.0. The first-order valence-electron chi connectivity index (χ1n) is 5.71. The Kier molecular flexibility index (Phi) is 2.80. The topological polar surface area (TPSA) is 38.7 Å². The van der Waals surface area contributed by atoms with Gasteiger partial charge < -0.3 is 0 Å². The van der Waals surface area contributed by atoms with E-state index in [-0.39, 0.29) is 0 Å². The Bertz CT molecular complexity index is 578. The minimum absolute atomic E-state index is 0.921. The third kappa shape index (κ3) is 1.98. The summed E-state index contributed by atoms with van der Waals surface area (Å²) in [5.41, 5.74) is 4.10. The molecule has 0 amide bonds. The zero-order valence-corrected chi connectivity index (χ0v) is 9.69. The summed E-state index contributed by atoms with van der Waals surface area (Å²) in [6.07, 6.45) is 9.03. The van der Waals surface area contributed by atoms with E-state index in [1.165, 1.54) is 0 Å². The molecule has 3 aromatic heterocycles. The Morgan fingerprint density at radius 1 is 0.667 bits per heavy atom. The highest BCUT2D eigenvalue weighted by Gasteiger charge is 2.07. The number of aromatic nitrogens is 3. The lowest BCUT2D eigenvalue weighted by Gasteiger charge is -2.07. The fourth-order valence-electron chi connectivity index (χ4n) is 1.89. The molecule has 3 heterocycles. The molecule has 0 bridgehead atoms. The minimum atomic E-state index is 0.921. The molecular weight excluding hydrogens is 222 g/mol. The zero-order chi connectivity index (χ0) is 12.2. The number of nitrogens with zero attached hydrogens (tertiary/aromatic N) is 3. The quantitative estimate of drug-likeness (QED) is 0.682. The molecule has 0 saturated heterocycles. The summed E-state index contributed by atoms with van der Waals surface area (Å²) in [5.74, 6) is 0. The van der Waals surface area contributed by atoms with Crippen molar-refractivity contribution in [3.63, 3.8) is 0 Å². The summed E-state index contributed by atoms with van der Waals surface area (Å²) < 4.78 is 0. The summed E-state index contributed by atoms with van der Waals surface area (Å²) in [7, 11) is 0. The molecule has 0 aliphatic heterocycles. The SMILES string of the molecule is c1ccc(-c2cnccc2-c2cccnc2)nc1. The van der Waals surface area contributed by atoms with Gasteiger partial charge in [-0.1, -0.05) is 12.1 Å². The molecule has 3 rings (SSSR count). The second-order valence-electron chi connectivity index (χ2n) is 3.88. The summed E-state index contributed by atoms with van der Waals surface area (Å²) >= 11 is 0. The van der Waals surface area contributed by atoms with Gasteiger partial charge in [0, 0.05) is 42.1 Å². The van der Waals surface area contributed by atoms with Gasteiger partial charge in [0.05, 0.1) is 5.69 Å². The fraction of sp³-hybridized carbons (Fsp3) is 0. The van der Waals surface area contributed by atoms with Gasteiger partial charge in [-0.15, -0.1) is 0 Å². The third-order valence-corrected chi connectivity index (χ3v) is 2.73. The molecule has 18 heavy (non-hydrogen) atoms. The molecule has 0 unspecified atom stereocenters. The van der Waals surface area contributed by atoms with Crippen molar-refractivity contribution < 1.29 is 0 Å². The van der Waals surface area contributed by atoms with Crippen LogP contribution in [0, 0.1) is 0 Å². The van der Waals surface area contributed by atoms with Crippen LogP contribution in [0.3, 0.4) is 0 Å². The van der Waals surface area contributed by atoms with Crippen LogP contribution in [0.1, 0.15) is 0 Å². The molecule has 0 spiro atoms. The third-order valence-electron chi connectivity index (χ3n) is 2.73. The van der Waals surface area contributed by atoms with Crippen molar-refractivity contribution in [1.82, 2.24) is 15.0 Å². The molecule has 3 aromatic rings. The second kappa shape index (κ2) is 4.75. The Morgan fingerprint density at radius 3 is 2.39 bits per heavy atom. The number of hydrogen-bond acceptors (Lipinski definition) is 3. The van der Waals surface area contributed by atoms with Gasteiger partial charge in [0.2, 0.25) is 0 Å². The first-order chi connectivity index (χ1) is 8.95. The van der Waals surface area contributed by atoms with Crippen LogP contribution in [0.15, 0.2) is 67.4 Å². The Balaban J connectivity index is 2.18. The van der Waals surface area contributed by atoms with Gasteiger partial charge in [0.25, 0.3) is 0 Å². The maximum Gasteiger partial charge on any atom is 0.0723 e. The van der Waals surface area contributed by atoms with Gasteiger partial charge in [-0.2, -0.15) is 0 Å². The predicted octanol–water partition coefficient (Wildman–Crippen LogP) is 3.21. The van der Waals surface area contributed by atoms with E-state index in [2.05, 4.69) is 15.0 Å². The lowest BCUT2D eigenvalue weighted by Crippen LogP contribution is -1.89. The van der Waals surface area contributed by atoms with E-state index in [9.17, 15) is 0 Å². The van der Waals surface area contributed by atoms with Gasteiger partial charge in [-0.3, -0.25) is 15.0 Å². The Labute approximate surface area is 105 Å². The van der Waals surface area contributed by atoms with Gasteiger partial charge in [-0.25, -0.2) is 0 Å². The number of rotatable bonds is 2. The highest BCUT2D eigenvalue weighted by Crippen LogP contribution is 2.29. The molecule has 86 valence electrons. The van der Waals surface area contributed by atoms with Gasteiger partial charge in [0.15, 0.2) is 0 Å². The van der Waals surface area contributed by atoms with Crippen LogP contribution in [-0.4, -0.2) is 15.0 Å². The maximum absolute atomic E-state index is 4.37. The monoisotopic (exact) mass is 233 g/mol. The van der Waals surface area contributed by atoms with Gasteiger partial charge in [0.1, 0.15) is 0 Å². The van der Waals surface area contributed by atoms with Crippen molar-refractivity contribution in [2.24, 2.45) is 0 Å². The summed E-state index contributed by atoms with van der Waals surface area (Å²) in [5, 5.41) is 0. The molecule has 0 atom stereocenters. The normalized spacial score (nSPS) is 10.2. The van der Waals surface area contributed by atoms with E-state index in [4.69, 9.17) is 0 Å². The first kappa shape index (κ1) is 10.6. The van der Waals surface area contributed by atoms with Crippen LogP contribution < -0.4 is 0 Å². The molecule has 3 nitrogen and oxygen atoms in total. The molecule has 0 radical (unpaired) electrons. The van der Waals surface area contributed by atoms with Crippen molar-refractivity contribution in [3.8, 4) is 22.4 Å². The lowest BCUT2D eigenvalue weighted by molar-refractivity contribution is 1.27. The van der Waals surface area contributed by atoms with E-state index in [1.54, 1.807) is 18.6 Å². The summed E-state index contributed by atoms with van der Waals surface area (Å²) in [6.45, 7) is 0. The highest BCUT2D eigenvalue weighted by molar-refractivity contribution is 5.80. The van der Waals surface area contributed by atoms with Crippen molar-refractivity contribution in [2.75, 3.05) is 0 Å². The molecule has 0 aliphatic carbocycles. The standard InChI is InChI=1S/C15H11N3/c1-2-8-18-15(5-1)14-11-17-9-6-13(14)12-4-3-7-16-10-12/h1-11H. The predicted molar refractivity (Wildman–Crippen MR) is 70.7 cm³/mol. The average molecular weight is 233 g/mol. The molecule has 0 N–H and O–H groups in total. The number of pyridine rings is 3. The van der Waals surface area contributed by atoms with Crippen LogP contribution in [0.2, 0.25) is 0 Å². The van der Waals surface area contributed by atoms with Crippen molar-refractivity contribution in [2.45, 2.75) is 0 Å². The summed E-state index contributed by atoms with van der Waals surface area (Å²) in [6, 6.07) is 11.8. The zero-order valence-electron chi connectivity index (χ0n) is 9.69. The molecule has 3 heteroatoms. The van der Waals surface area contributed by atoms with Crippen LogP contribution in [-0.2, 0) is 0 Å². The molecule has 0 fully saturated rings.